The standard InChI is InChI=1S/C10H8F3NO2S/c1-16-6-2-3-8-7(4-6)9(5-14-8)17(15)10(11,12)13/h2-5,14H,1H3. The molecular formula is C10H8F3NO2S. The summed E-state index contributed by atoms with van der Waals surface area (Å²) in [6, 6.07) is 4.61. The molecule has 1 unspecified atom stereocenters. The summed E-state index contributed by atoms with van der Waals surface area (Å²) in [5, 5.41) is 0.250. The summed E-state index contributed by atoms with van der Waals surface area (Å²) in [6.07, 6.45) is 1.10. The Kier molecular flexibility index (Phi) is 2.86. The van der Waals surface area contributed by atoms with E-state index in [-0.39, 0.29) is 10.3 Å². The van der Waals surface area contributed by atoms with Crippen LogP contribution in [-0.4, -0.2) is 21.8 Å². The van der Waals surface area contributed by atoms with Crippen molar-refractivity contribution >= 4 is 21.7 Å². The predicted octanol–water partition coefficient (Wildman–Crippen LogP) is 2.80. The molecule has 1 aromatic heterocycles. The average molecular weight is 263 g/mol. The van der Waals surface area contributed by atoms with E-state index in [9.17, 15) is 17.4 Å². The molecule has 1 heterocycles. The van der Waals surface area contributed by atoms with Crippen molar-refractivity contribution in [2.75, 3.05) is 7.11 Å². The second-order valence-corrected chi connectivity index (χ2v) is 4.72. The SMILES string of the molecule is COc1ccc2[nH]cc(S(=O)C(F)(F)F)c2c1. The van der Waals surface area contributed by atoms with Crippen molar-refractivity contribution in [3.63, 3.8) is 0 Å². The Balaban J connectivity index is 2.59. The highest BCUT2D eigenvalue weighted by Crippen LogP contribution is 2.32. The van der Waals surface area contributed by atoms with Gasteiger partial charge in [-0.25, -0.2) is 4.21 Å². The Hall–Kier alpha value is -1.50. The highest BCUT2D eigenvalue weighted by Gasteiger charge is 2.39. The third-order valence-corrected chi connectivity index (χ3v) is 3.42. The van der Waals surface area contributed by atoms with E-state index in [1.54, 1.807) is 12.1 Å². The van der Waals surface area contributed by atoms with Crippen molar-refractivity contribution in [1.82, 2.24) is 4.98 Å². The summed E-state index contributed by atoms with van der Waals surface area (Å²) in [5.74, 6) is 0.414. The van der Waals surface area contributed by atoms with E-state index in [1.807, 2.05) is 0 Å². The molecule has 3 nitrogen and oxygen atoms in total. The zero-order valence-corrected chi connectivity index (χ0v) is 9.48. The summed E-state index contributed by atoms with van der Waals surface area (Å²) in [7, 11) is -1.63. The van der Waals surface area contributed by atoms with E-state index in [0.29, 0.717) is 11.3 Å². The molecule has 0 aliphatic rings. The van der Waals surface area contributed by atoms with Gasteiger partial charge in [0.1, 0.15) is 5.75 Å². The smallest absolute Gasteiger partial charge is 0.475 e. The summed E-state index contributed by atoms with van der Waals surface area (Å²) < 4.78 is 53.3. The molecule has 7 heteroatoms. The highest BCUT2D eigenvalue weighted by molar-refractivity contribution is 7.86. The molecule has 17 heavy (non-hydrogen) atoms. The molecule has 0 aliphatic heterocycles. The minimum Gasteiger partial charge on any atom is -0.497 e. The van der Waals surface area contributed by atoms with Crippen molar-refractivity contribution in [1.29, 1.82) is 0 Å². The predicted molar refractivity (Wildman–Crippen MR) is 57.3 cm³/mol. The fourth-order valence-electron chi connectivity index (χ4n) is 1.48. The molecule has 2 aromatic rings. The van der Waals surface area contributed by atoms with Crippen LogP contribution in [-0.2, 0) is 10.8 Å². The first kappa shape index (κ1) is 12.0. The Morgan fingerprint density at radius 1 is 1.35 bits per heavy atom. The highest BCUT2D eigenvalue weighted by atomic mass is 32.2. The van der Waals surface area contributed by atoms with Crippen molar-refractivity contribution in [2.24, 2.45) is 0 Å². The van der Waals surface area contributed by atoms with E-state index in [2.05, 4.69) is 4.98 Å². The van der Waals surface area contributed by atoms with Gasteiger partial charge in [0.2, 0.25) is 0 Å². The number of H-pyrrole nitrogens is 1. The lowest BCUT2D eigenvalue weighted by atomic mass is 10.2. The maximum absolute atomic E-state index is 12.4. The second-order valence-electron chi connectivity index (χ2n) is 3.28. The van der Waals surface area contributed by atoms with Crippen LogP contribution in [0, 0.1) is 0 Å². The number of nitrogens with one attached hydrogen (secondary N) is 1. The van der Waals surface area contributed by atoms with Crippen molar-refractivity contribution < 1.29 is 22.1 Å². The molecule has 0 saturated carbocycles. The molecule has 0 radical (unpaired) electrons. The summed E-state index contributed by atoms with van der Waals surface area (Å²) in [5.41, 5.74) is -4.28. The van der Waals surface area contributed by atoms with Crippen molar-refractivity contribution in [2.45, 2.75) is 10.4 Å². The zero-order chi connectivity index (χ0) is 12.6. The summed E-state index contributed by atoms with van der Waals surface area (Å²) in [6.45, 7) is 0. The number of fused-ring (bicyclic) bond motifs is 1. The number of benzene rings is 1. The zero-order valence-electron chi connectivity index (χ0n) is 8.67. The minimum atomic E-state index is -4.77. The molecule has 0 fully saturated rings. The van der Waals surface area contributed by atoms with Gasteiger partial charge in [0.05, 0.1) is 12.0 Å². The molecule has 1 aromatic carbocycles. The summed E-state index contributed by atoms with van der Waals surface area (Å²) in [4.78, 5) is 2.36. The van der Waals surface area contributed by atoms with Crippen LogP contribution in [0.5, 0.6) is 5.75 Å². The third kappa shape index (κ3) is 2.14. The molecule has 1 atom stereocenters. The van der Waals surface area contributed by atoms with E-state index in [1.165, 1.54) is 13.2 Å². The van der Waals surface area contributed by atoms with Gasteiger partial charge in [0.25, 0.3) is 0 Å². The van der Waals surface area contributed by atoms with Crippen LogP contribution in [0.2, 0.25) is 0 Å². The Labute approximate surface area is 97.0 Å². The molecule has 2 rings (SSSR count). The van der Waals surface area contributed by atoms with E-state index in [0.717, 1.165) is 6.20 Å². The van der Waals surface area contributed by atoms with Crippen molar-refractivity contribution in [3.8, 4) is 5.75 Å². The fraction of sp³-hybridized carbons (Fsp3) is 0.200. The van der Waals surface area contributed by atoms with Crippen LogP contribution in [0.25, 0.3) is 10.9 Å². The molecule has 0 spiro atoms. The first-order chi connectivity index (χ1) is 7.93. The maximum atomic E-state index is 12.4. The summed E-state index contributed by atoms with van der Waals surface area (Å²) >= 11 is 0. The molecular weight excluding hydrogens is 255 g/mol. The Bertz CT molecular complexity index is 576. The van der Waals surface area contributed by atoms with E-state index < -0.39 is 16.3 Å². The van der Waals surface area contributed by atoms with Gasteiger partial charge in [-0.05, 0) is 18.2 Å². The van der Waals surface area contributed by atoms with Crippen LogP contribution in [0.3, 0.4) is 0 Å². The number of methoxy groups -OCH3 is 1. The maximum Gasteiger partial charge on any atom is 0.475 e. The molecule has 0 saturated heterocycles. The van der Waals surface area contributed by atoms with Crippen LogP contribution >= 0.6 is 0 Å². The van der Waals surface area contributed by atoms with Gasteiger partial charge in [-0.2, -0.15) is 13.2 Å². The number of aromatic nitrogens is 1. The minimum absolute atomic E-state index is 0.250. The van der Waals surface area contributed by atoms with E-state index >= 15 is 0 Å². The van der Waals surface area contributed by atoms with Gasteiger partial charge in [-0.3, -0.25) is 0 Å². The lowest BCUT2D eigenvalue weighted by Crippen LogP contribution is -2.15. The van der Waals surface area contributed by atoms with Gasteiger partial charge < -0.3 is 9.72 Å². The van der Waals surface area contributed by atoms with Gasteiger partial charge in [-0.1, -0.05) is 0 Å². The Morgan fingerprint density at radius 3 is 2.65 bits per heavy atom. The second kappa shape index (κ2) is 4.06. The van der Waals surface area contributed by atoms with Crippen LogP contribution < -0.4 is 4.74 Å². The van der Waals surface area contributed by atoms with Gasteiger partial charge in [0, 0.05) is 17.1 Å². The molecule has 0 amide bonds. The average Bonchev–Trinajstić information content (AvgIpc) is 2.69. The first-order valence-electron chi connectivity index (χ1n) is 4.57. The van der Waals surface area contributed by atoms with Crippen LogP contribution in [0.4, 0.5) is 13.2 Å². The number of hydrogen-bond donors (Lipinski definition) is 1. The quantitative estimate of drug-likeness (QED) is 0.905. The lowest BCUT2D eigenvalue weighted by molar-refractivity contribution is -0.0384. The number of hydrogen-bond acceptors (Lipinski definition) is 2. The Morgan fingerprint density at radius 2 is 2.06 bits per heavy atom. The van der Waals surface area contributed by atoms with Crippen molar-refractivity contribution in [3.05, 3.63) is 24.4 Å². The number of halogens is 3. The normalized spacial score (nSPS) is 13.9. The monoisotopic (exact) mass is 263 g/mol. The molecule has 0 aliphatic carbocycles. The van der Waals surface area contributed by atoms with E-state index in [4.69, 9.17) is 4.74 Å². The first-order valence-corrected chi connectivity index (χ1v) is 5.72. The van der Waals surface area contributed by atoms with Crippen LogP contribution in [0.15, 0.2) is 29.3 Å². The number of alkyl halides is 3. The van der Waals surface area contributed by atoms with Gasteiger partial charge in [0.15, 0.2) is 10.8 Å². The fourth-order valence-corrected chi connectivity index (χ4v) is 2.26. The number of ether oxygens (including phenoxy) is 1. The number of aromatic amines is 1. The molecule has 0 bridgehead atoms. The molecule has 1 N–H and O–H groups in total. The lowest BCUT2D eigenvalue weighted by Gasteiger charge is -2.05. The van der Waals surface area contributed by atoms with Crippen LogP contribution in [0.1, 0.15) is 0 Å². The molecule has 92 valence electrons. The van der Waals surface area contributed by atoms with Gasteiger partial charge >= 0.3 is 5.51 Å². The third-order valence-electron chi connectivity index (χ3n) is 2.26. The number of rotatable bonds is 2. The largest absolute Gasteiger partial charge is 0.497 e. The van der Waals surface area contributed by atoms with Gasteiger partial charge in [-0.15, -0.1) is 0 Å². The topological polar surface area (TPSA) is 42.1 Å².